The highest BCUT2D eigenvalue weighted by molar-refractivity contribution is 5.85. The van der Waals surface area contributed by atoms with Crippen LogP contribution in [-0.2, 0) is 11.2 Å². The second-order valence-corrected chi connectivity index (χ2v) is 6.84. The zero-order chi connectivity index (χ0) is 17.8. The Labute approximate surface area is 161 Å². The number of halogens is 1. The fourth-order valence-corrected chi connectivity index (χ4v) is 4.00. The van der Waals surface area contributed by atoms with Gasteiger partial charge in [-0.2, -0.15) is 0 Å². The molecule has 2 unspecified atom stereocenters. The first kappa shape index (κ1) is 20.3. The van der Waals surface area contributed by atoms with Crippen LogP contribution < -0.4 is 4.74 Å². The summed E-state index contributed by atoms with van der Waals surface area (Å²) in [5, 5.41) is 9.06. The predicted molar refractivity (Wildman–Crippen MR) is 105 cm³/mol. The number of nitrogens with zero attached hydrogens (tertiary/aromatic N) is 1. The largest absolute Gasteiger partial charge is 0.497 e. The van der Waals surface area contributed by atoms with E-state index in [1.807, 2.05) is 24.1 Å². The highest BCUT2D eigenvalue weighted by Crippen LogP contribution is 2.42. The van der Waals surface area contributed by atoms with Gasteiger partial charge in [0.1, 0.15) is 5.75 Å². The molecule has 1 N–H and O–H groups in total. The number of ether oxygens (including phenoxy) is 1. The van der Waals surface area contributed by atoms with E-state index in [1.165, 1.54) is 16.7 Å². The predicted octanol–water partition coefficient (Wildman–Crippen LogP) is 3.83. The third kappa shape index (κ3) is 4.57. The van der Waals surface area contributed by atoms with E-state index < -0.39 is 5.97 Å². The van der Waals surface area contributed by atoms with Crippen LogP contribution in [0.15, 0.2) is 48.5 Å². The highest BCUT2D eigenvalue weighted by Gasteiger charge is 2.31. The minimum atomic E-state index is -0.778. The molecule has 2 aromatic rings. The number of likely N-dealkylation sites (N-methyl/N-ethyl adjacent to an activating group) is 1. The van der Waals surface area contributed by atoms with E-state index in [0.717, 1.165) is 25.1 Å². The quantitative estimate of drug-likeness (QED) is 0.833. The number of hydrogen-bond acceptors (Lipinski definition) is 3. The van der Waals surface area contributed by atoms with Crippen LogP contribution in [-0.4, -0.2) is 43.2 Å². The number of fused-ring (bicyclic) bond motifs is 1. The number of benzene rings is 2. The summed E-state index contributed by atoms with van der Waals surface area (Å²) in [7, 11) is 3.59. The second-order valence-electron chi connectivity index (χ2n) is 6.84. The molecular weight excluding hydrogens is 350 g/mol. The van der Waals surface area contributed by atoms with Crippen molar-refractivity contribution in [3.63, 3.8) is 0 Å². The molecule has 4 nitrogen and oxygen atoms in total. The Morgan fingerprint density at radius 1 is 1.23 bits per heavy atom. The Morgan fingerprint density at radius 2 is 1.96 bits per heavy atom. The molecule has 5 heteroatoms. The number of aliphatic carboxylic acids is 1. The smallest absolute Gasteiger partial charge is 0.317 e. The van der Waals surface area contributed by atoms with Gasteiger partial charge >= 0.3 is 5.97 Å². The SMILES string of the molecule is COc1ccc2c(c1)CCC(CN(C)CC(=O)O)C2c1ccccc1.Cl. The lowest BCUT2D eigenvalue weighted by Gasteiger charge is -2.36. The Kier molecular flexibility index (Phi) is 7.06. The Morgan fingerprint density at radius 3 is 2.62 bits per heavy atom. The van der Waals surface area contributed by atoms with Crippen molar-refractivity contribution in [2.24, 2.45) is 5.92 Å². The first-order valence-corrected chi connectivity index (χ1v) is 8.70. The molecule has 0 radical (unpaired) electrons. The molecule has 1 aliphatic rings. The van der Waals surface area contributed by atoms with Crippen LogP contribution in [0.5, 0.6) is 5.75 Å². The van der Waals surface area contributed by atoms with E-state index in [9.17, 15) is 4.79 Å². The monoisotopic (exact) mass is 375 g/mol. The van der Waals surface area contributed by atoms with Gasteiger partial charge in [0, 0.05) is 12.5 Å². The molecule has 2 aromatic carbocycles. The van der Waals surface area contributed by atoms with Gasteiger partial charge in [-0.25, -0.2) is 0 Å². The Bertz CT molecular complexity index is 735. The highest BCUT2D eigenvalue weighted by atomic mass is 35.5. The van der Waals surface area contributed by atoms with Gasteiger partial charge < -0.3 is 9.84 Å². The van der Waals surface area contributed by atoms with Crippen molar-refractivity contribution in [1.29, 1.82) is 0 Å². The van der Waals surface area contributed by atoms with E-state index >= 15 is 0 Å². The van der Waals surface area contributed by atoms with Crippen LogP contribution in [0.1, 0.15) is 29.0 Å². The third-order valence-electron chi connectivity index (χ3n) is 5.05. The third-order valence-corrected chi connectivity index (χ3v) is 5.05. The van der Waals surface area contributed by atoms with Crippen LogP contribution in [0, 0.1) is 5.92 Å². The molecule has 140 valence electrons. The summed E-state index contributed by atoms with van der Waals surface area (Å²) in [6, 6.07) is 16.9. The maximum absolute atomic E-state index is 11.0. The first-order chi connectivity index (χ1) is 12.1. The fraction of sp³-hybridized carbons (Fsp3) is 0.381. The normalized spacial score (nSPS) is 18.7. The van der Waals surface area contributed by atoms with Crippen LogP contribution in [0.4, 0.5) is 0 Å². The van der Waals surface area contributed by atoms with E-state index in [0.29, 0.717) is 5.92 Å². The van der Waals surface area contributed by atoms with Gasteiger partial charge in [-0.15, -0.1) is 12.4 Å². The van der Waals surface area contributed by atoms with Crippen molar-refractivity contribution in [3.8, 4) is 5.75 Å². The summed E-state index contributed by atoms with van der Waals surface area (Å²) in [6.45, 7) is 0.852. The van der Waals surface area contributed by atoms with Crippen molar-refractivity contribution >= 4 is 18.4 Å². The Balaban J connectivity index is 0.00000243. The van der Waals surface area contributed by atoms with Crippen molar-refractivity contribution in [2.45, 2.75) is 18.8 Å². The first-order valence-electron chi connectivity index (χ1n) is 8.70. The van der Waals surface area contributed by atoms with Gasteiger partial charge in [-0.1, -0.05) is 36.4 Å². The van der Waals surface area contributed by atoms with Crippen LogP contribution in [0.25, 0.3) is 0 Å². The molecule has 0 amide bonds. The molecule has 0 fully saturated rings. The van der Waals surface area contributed by atoms with E-state index in [2.05, 4.69) is 36.4 Å². The molecule has 0 heterocycles. The summed E-state index contributed by atoms with van der Waals surface area (Å²) in [5.41, 5.74) is 3.97. The number of hydrogen-bond donors (Lipinski definition) is 1. The van der Waals surface area contributed by atoms with Crippen molar-refractivity contribution in [1.82, 2.24) is 4.90 Å². The van der Waals surface area contributed by atoms with Gasteiger partial charge in [0.15, 0.2) is 0 Å². The maximum Gasteiger partial charge on any atom is 0.317 e. The number of carbonyl (C=O) groups is 1. The van der Waals surface area contributed by atoms with Crippen LogP contribution in [0.2, 0.25) is 0 Å². The molecular formula is C21H26ClNO3. The lowest BCUT2D eigenvalue weighted by molar-refractivity contribution is -0.138. The van der Waals surface area contributed by atoms with Gasteiger partial charge in [-0.3, -0.25) is 9.69 Å². The van der Waals surface area contributed by atoms with Crippen LogP contribution in [0.3, 0.4) is 0 Å². The van der Waals surface area contributed by atoms with Crippen LogP contribution >= 0.6 is 12.4 Å². The molecule has 3 rings (SSSR count). The second kappa shape index (κ2) is 9.06. The molecule has 0 saturated carbocycles. The average Bonchev–Trinajstić information content (AvgIpc) is 2.61. The minimum Gasteiger partial charge on any atom is -0.497 e. The number of rotatable bonds is 6. The number of aryl methyl sites for hydroxylation is 1. The standard InChI is InChI=1S/C21H25NO3.ClH/c1-22(14-20(23)24)13-17-9-8-16-12-18(25-2)10-11-19(16)21(17)15-6-4-3-5-7-15;/h3-7,10-12,17,21H,8-9,13-14H2,1-2H3,(H,23,24);1H. The molecule has 2 atom stereocenters. The zero-order valence-corrected chi connectivity index (χ0v) is 16.0. The summed E-state index contributed by atoms with van der Waals surface area (Å²) < 4.78 is 5.38. The summed E-state index contributed by atoms with van der Waals surface area (Å²) in [5.74, 6) is 0.798. The van der Waals surface area contributed by atoms with E-state index in [-0.39, 0.29) is 24.9 Å². The van der Waals surface area contributed by atoms with Gasteiger partial charge in [-0.05, 0) is 54.6 Å². The zero-order valence-electron chi connectivity index (χ0n) is 15.2. The van der Waals surface area contributed by atoms with Crippen molar-refractivity contribution < 1.29 is 14.6 Å². The Hall–Kier alpha value is -2.04. The van der Waals surface area contributed by atoms with Gasteiger partial charge in [0.05, 0.1) is 13.7 Å². The molecule has 0 aromatic heterocycles. The topological polar surface area (TPSA) is 49.8 Å². The van der Waals surface area contributed by atoms with E-state index in [4.69, 9.17) is 9.84 Å². The molecule has 0 bridgehead atoms. The molecule has 26 heavy (non-hydrogen) atoms. The molecule has 0 aliphatic heterocycles. The summed E-state index contributed by atoms with van der Waals surface area (Å²) in [6.07, 6.45) is 2.05. The summed E-state index contributed by atoms with van der Waals surface area (Å²) >= 11 is 0. The number of carboxylic acids is 1. The number of carboxylic acid groups (broad SMARTS) is 1. The molecule has 1 aliphatic carbocycles. The minimum absolute atomic E-state index is 0. The molecule has 0 spiro atoms. The van der Waals surface area contributed by atoms with E-state index in [1.54, 1.807) is 7.11 Å². The fourth-order valence-electron chi connectivity index (χ4n) is 4.00. The maximum atomic E-state index is 11.0. The van der Waals surface area contributed by atoms with Gasteiger partial charge in [0.2, 0.25) is 0 Å². The van der Waals surface area contributed by atoms with Crippen molar-refractivity contribution in [2.75, 3.05) is 27.2 Å². The summed E-state index contributed by atoms with van der Waals surface area (Å²) in [4.78, 5) is 12.9. The lowest BCUT2D eigenvalue weighted by Crippen LogP contribution is -2.35. The lowest BCUT2D eigenvalue weighted by atomic mass is 9.71. The average molecular weight is 376 g/mol. The van der Waals surface area contributed by atoms with Crippen molar-refractivity contribution in [3.05, 3.63) is 65.2 Å². The van der Waals surface area contributed by atoms with Gasteiger partial charge in [0.25, 0.3) is 0 Å². The molecule has 0 saturated heterocycles. The number of methoxy groups -OCH3 is 1.